The summed E-state index contributed by atoms with van der Waals surface area (Å²) in [5.41, 5.74) is 3.70. The number of ether oxygens (including phenoxy) is 1. The van der Waals surface area contributed by atoms with Gasteiger partial charge in [-0.25, -0.2) is 0 Å². The zero-order valence-electron chi connectivity index (χ0n) is 12.3. The molecule has 0 radical (unpaired) electrons. The molecule has 2 aromatic rings. The van der Waals surface area contributed by atoms with Crippen LogP contribution >= 0.6 is 0 Å². The zero-order valence-corrected chi connectivity index (χ0v) is 12.3. The van der Waals surface area contributed by atoms with Crippen LogP contribution in [-0.2, 0) is 11.3 Å². The summed E-state index contributed by atoms with van der Waals surface area (Å²) >= 11 is 0. The van der Waals surface area contributed by atoms with E-state index in [0.29, 0.717) is 6.61 Å². The van der Waals surface area contributed by atoms with Crippen molar-refractivity contribution in [3.8, 4) is 11.1 Å². The van der Waals surface area contributed by atoms with Gasteiger partial charge in [0.2, 0.25) is 0 Å². The third-order valence-corrected chi connectivity index (χ3v) is 3.30. The molecule has 1 heteroatoms. The molecule has 1 nitrogen and oxygen atoms in total. The first-order valence-corrected chi connectivity index (χ1v) is 7.26. The second-order valence-electron chi connectivity index (χ2n) is 4.86. The van der Waals surface area contributed by atoms with Crippen molar-refractivity contribution in [2.75, 3.05) is 0 Å². The van der Waals surface area contributed by atoms with Crippen LogP contribution < -0.4 is 0 Å². The van der Waals surface area contributed by atoms with Gasteiger partial charge in [-0.15, -0.1) is 0 Å². The molecule has 0 fully saturated rings. The van der Waals surface area contributed by atoms with Gasteiger partial charge in [0, 0.05) is 6.42 Å². The molecule has 104 valence electrons. The maximum Gasteiger partial charge on any atom is 0.113 e. The summed E-state index contributed by atoms with van der Waals surface area (Å²) in [6.07, 6.45) is 4.19. The van der Waals surface area contributed by atoms with Gasteiger partial charge < -0.3 is 4.74 Å². The second-order valence-corrected chi connectivity index (χ2v) is 4.86. The van der Waals surface area contributed by atoms with Crippen molar-refractivity contribution in [1.29, 1.82) is 0 Å². The summed E-state index contributed by atoms with van der Waals surface area (Å²) in [7, 11) is 0. The Balaban J connectivity index is 1.99. The van der Waals surface area contributed by atoms with Gasteiger partial charge in [-0.05, 0) is 36.1 Å². The van der Waals surface area contributed by atoms with Crippen LogP contribution in [0.5, 0.6) is 0 Å². The highest BCUT2D eigenvalue weighted by molar-refractivity contribution is 5.63. The van der Waals surface area contributed by atoms with E-state index in [1.54, 1.807) is 0 Å². The topological polar surface area (TPSA) is 9.23 Å². The third-order valence-electron chi connectivity index (χ3n) is 3.30. The fourth-order valence-electron chi connectivity index (χ4n) is 2.15. The minimum absolute atomic E-state index is 0.648. The van der Waals surface area contributed by atoms with E-state index in [-0.39, 0.29) is 0 Å². The van der Waals surface area contributed by atoms with Crippen molar-refractivity contribution in [1.82, 2.24) is 0 Å². The molecule has 2 rings (SSSR count). The Kier molecular flexibility index (Phi) is 5.43. The van der Waals surface area contributed by atoms with Crippen molar-refractivity contribution >= 4 is 0 Å². The number of rotatable bonds is 6. The second kappa shape index (κ2) is 7.54. The fraction of sp³-hybridized carbons (Fsp3) is 0.263. The van der Waals surface area contributed by atoms with E-state index in [0.717, 1.165) is 18.6 Å². The van der Waals surface area contributed by atoms with Gasteiger partial charge in [-0.3, -0.25) is 0 Å². The predicted molar refractivity (Wildman–Crippen MR) is 85.3 cm³/mol. The molecule has 0 atom stereocenters. The lowest BCUT2D eigenvalue weighted by molar-refractivity contribution is 0.188. The summed E-state index contributed by atoms with van der Waals surface area (Å²) in [5, 5.41) is 0. The highest BCUT2D eigenvalue weighted by Crippen LogP contribution is 2.20. The summed E-state index contributed by atoms with van der Waals surface area (Å²) in [6, 6.07) is 19.0. The van der Waals surface area contributed by atoms with E-state index < -0.39 is 0 Å². The molecule has 0 aliphatic heterocycles. The normalized spacial score (nSPS) is 11.4. The van der Waals surface area contributed by atoms with Gasteiger partial charge in [0.1, 0.15) is 6.61 Å². The molecule has 0 saturated carbocycles. The molecule has 0 aromatic heterocycles. The molecule has 0 aliphatic carbocycles. The summed E-state index contributed by atoms with van der Waals surface area (Å²) in [5.74, 6) is 1.08. The molecule has 2 aromatic carbocycles. The summed E-state index contributed by atoms with van der Waals surface area (Å²) < 4.78 is 5.82. The summed E-state index contributed by atoms with van der Waals surface area (Å²) in [4.78, 5) is 0. The van der Waals surface area contributed by atoms with E-state index in [9.17, 15) is 0 Å². The SMILES string of the molecule is CC=C(CCC)OCc1ccc(-c2ccccc2)cc1. The van der Waals surface area contributed by atoms with Crippen molar-refractivity contribution in [2.24, 2.45) is 0 Å². The number of benzene rings is 2. The number of allylic oxidation sites excluding steroid dienone is 2. The Morgan fingerprint density at radius 1 is 0.950 bits per heavy atom. The van der Waals surface area contributed by atoms with Crippen LogP contribution in [0.4, 0.5) is 0 Å². The molecule has 0 N–H and O–H groups in total. The Morgan fingerprint density at radius 2 is 1.60 bits per heavy atom. The van der Waals surface area contributed by atoms with E-state index in [1.165, 1.54) is 16.7 Å². The lowest BCUT2D eigenvalue weighted by atomic mass is 10.0. The van der Waals surface area contributed by atoms with E-state index in [4.69, 9.17) is 4.74 Å². The monoisotopic (exact) mass is 266 g/mol. The molecule has 0 amide bonds. The maximum atomic E-state index is 5.82. The number of hydrogen-bond acceptors (Lipinski definition) is 1. The Bertz CT molecular complexity index is 538. The minimum atomic E-state index is 0.648. The quantitative estimate of drug-likeness (QED) is 0.621. The van der Waals surface area contributed by atoms with Gasteiger partial charge in [0.05, 0.1) is 5.76 Å². The number of hydrogen-bond donors (Lipinski definition) is 0. The molecule has 0 spiro atoms. The van der Waals surface area contributed by atoms with Gasteiger partial charge in [-0.2, -0.15) is 0 Å². The summed E-state index contributed by atoms with van der Waals surface area (Å²) in [6.45, 7) is 4.85. The largest absolute Gasteiger partial charge is 0.494 e. The highest BCUT2D eigenvalue weighted by Gasteiger charge is 2.00. The molecule has 0 aliphatic rings. The molecule has 20 heavy (non-hydrogen) atoms. The van der Waals surface area contributed by atoms with Crippen LogP contribution in [0.2, 0.25) is 0 Å². The van der Waals surface area contributed by atoms with E-state index >= 15 is 0 Å². The molecule has 0 saturated heterocycles. The van der Waals surface area contributed by atoms with Crippen LogP contribution in [0.25, 0.3) is 11.1 Å². The van der Waals surface area contributed by atoms with Gasteiger partial charge >= 0.3 is 0 Å². The molecule has 0 heterocycles. The van der Waals surface area contributed by atoms with Gasteiger partial charge in [0.15, 0.2) is 0 Å². The van der Waals surface area contributed by atoms with Crippen LogP contribution in [0.1, 0.15) is 32.3 Å². The first-order valence-electron chi connectivity index (χ1n) is 7.26. The first-order chi connectivity index (χ1) is 9.83. The standard InChI is InChI=1S/C19H22O/c1-3-8-19(4-2)20-15-16-11-13-18(14-12-16)17-9-6-5-7-10-17/h4-7,9-14H,3,8,15H2,1-2H3. The van der Waals surface area contributed by atoms with E-state index in [1.807, 2.05) is 13.0 Å². The lowest BCUT2D eigenvalue weighted by Gasteiger charge is -2.10. The highest BCUT2D eigenvalue weighted by atomic mass is 16.5. The average molecular weight is 266 g/mol. The van der Waals surface area contributed by atoms with Crippen molar-refractivity contribution in [3.63, 3.8) is 0 Å². The maximum absolute atomic E-state index is 5.82. The molecular formula is C19H22O. The Hall–Kier alpha value is -2.02. The van der Waals surface area contributed by atoms with Crippen LogP contribution in [0, 0.1) is 0 Å². The first kappa shape index (κ1) is 14.4. The third kappa shape index (κ3) is 3.99. The van der Waals surface area contributed by atoms with Crippen molar-refractivity contribution in [2.45, 2.75) is 33.3 Å². The fourth-order valence-corrected chi connectivity index (χ4v) is 2.15. The van der Waals surface area contributed by atoms with Crippen LogP contribution in [0.15, 0.2) is 66.4 Å². The van der Waals surface area contributed by atoms with Crippen LogP contribution in [0.3, 0.4) is 0 Å². The zero-order chi connectivity index (χ0) is 14.2. The average Bonchev–Trinajstić information content (AvgIpc) is 2.53. The Labute approximate surface area is 121 Å². The smallest absolute Gasteiger partial charge is 0.113 e. The van der Waals surface area contributed by atoms with Crippen molar-refractivity contribution in [3.05, 3.63) is 72.0 Å². The lowest BCUT2D eigenvalue weighted by Crippen LogP contribution is -1.93. The van der Waals surface area contributed by atoms with Gasteiger partial charge in [-0.1, -0.05) is 61.5 Å². The molecule has 0 bridgehead atoms. The van der Waals surface area contributed by atoms with E-state index in [2.05, 4.69) is 61.5 Å². The molecular weight excluding hydrogens is 244 g/mol. The molecule has 0 unspecified atom stereocenters. The van der Waals surface area contributed by atoms with Crippen molar-refractivity contribution < 1.29 is 4.74 Å². The predicted octanol–water partition coefficient (Wildman–Crippen LogP) is 5.57. The minimum Gasteiger partial charge on any atom is -0.494 e. The van der Waals surface area contributed by atoms with Crippen LogP contribution in [-0.4, -0.2) is 0 Å². The Morgan fingerprint density at radius 3 is 2.20 bits per heavy atom. The van der Waals surface area contributed by atoms with Gasteiger partial charge in [0.25, 0.3) is 0 Å².